The molecular formula is C31H30ClN5O3S. The van der Waals surface area contributed by atoms with Gasteiger partial charge in [-0.15, -0.1) is 0 Å². The van der Waals surface area contributed by atoms with Crippen LogP contribution < -0.4 is 10.6 Å². The number of halogens is 1. The molecule has 2 atom stereocenters. The lowest BCUT2D eigenvalue weighted by atomic mass is 10.1. The van der Waals surface area contributed by atoms with Gasteiger partial charge in [0.2, 0.25) is 11.8 Å². The smallest absolute Gasteiger partial charge is 0.259 e. The summed E-state index contributed by atoms with van der Waals surface area (Å²) in [5, 5.41) is 6.33. The summed E-state index contributed by atoms with van der Waals surface area (Å²) in [6.07, 6.45) is 1.72. The summed E-state index contributed by atoms with van der Waals surface area (Å²) in [6.45, 7) is 2.44. The van der Waals surface area contributed by atoms with Crippen molar-refractivity contribution in [3.05, 3.63) is 95.0 Å². The molecule has 0 radical (unpaired) electrons. The fourth-order valence-electron chi connectivity index (χ4n) is 4.62. The maximum absolute atomic E-state index is 13.6. The summed E-state index contributed by atoms with van der Waals surface area (Å²) in [7, 11) is 0. The van der Waals surface area contributed by atoms with Gasteiger partial charge in [0.1, 0.15) is 11.9 Å². The van der Waals surface area contributed by atoms with Crippen LogP contribution in [0.2, 0.25) is 5.02 Å². The Morgan fingerprint density at radius 1 is 1.02 bits per heavy atom. The molecule has 8 nitrogen and oxygen atoms in total. The number of carbonyl (C=O) groups is 3. The number of hydrogen-bond donors (Lipinski definition) is 2. The second-order valence-corrected chi connectivity index (χ2v) is 11.3. The maximum Gasteiger partial charge on any atom is 0.259 e. The number of anilines is 1. The lowest BCUT2D eigenvalue weighted by Crippen LogP contribution is -2.42. The minimum absolute atomic E-state index is 0.118. The third-order valence-electron chi connectivity index (χ3n) is 6.79. The van der Waals surface area contributed by atoms with E-state index in [1.54, 1.807) is 24.3 Å². The van der Waals surface area contributed by atoms with Gasteiger partial charge in [0.25, 0.3) is 5.91 Å². The highest BCUT2D eigenvalue weighted by Crippen LogP contribution is 2.36. The van der Waals surface area contributed by atoms with E-state index in [-0.39, 0.29) is 30.6 Å². The van der Waals surface area contributed by atoms with E-state index in [9.17, 15) is 14.4 Å². The van der Waals surface area contributed by atoms with Crippen LogP contribution in [0.15, 0.2) is 88.8 Å². The second-order valence-electron chi connectivity index (χ2n) is 9.69. The van der Waals surface area contributed by atoms with E-state index in [1.807, 2.05) is 61.5 Å². The Morgan fingerprint density at radius 3 is 2.51 bits per heavy atom. The quantitative estimate of drug-likeness (QED) is 0.323. The maximum atomic E-state index is 13.6. The van der Waals surface area contributed by atoms with Crippen molar-refractivity contribution >= 4 is 63.5 Å². The molecule has 10 heteroatoms. The van der Waals surface area contributed by atoms with Crippen molar-refractivity contribution in [3.8, 4) is 0 Å². The minimum atomic E-state index is -0.704. The lowest BCUT2D eigenvalue weighted by molar-refractivity contribution is -0.125. The third kappa shape index (κ3) is 6.86. The average Bonchev–Trinajstić information content (AvgIpc) is 3.32. The van der Waals surface area contributed by atoms with Crippen molar-refractivity contribution in [2.75, 3.05) is 11.9 Å². The number of carbonyl (C=O) groups excluding carboxylic acids is 3. The first-order valence-electron chi connectivity index (χ1n) is 13.6. The first-order valence-corrected chi connectivity index (χ1v) is 14.8. The molecule has 210 valence electrons. The Balaban J connectivity index is 1.26. The number of thioether (sulfide) groups is 1. The Morgan fingerprint density at radius 2 is 1.76 bits per heavy atom. The summed E-state index contributed by atoms with van der Waals surface area (Å²) in [6, 6.07) is 23.6. The van der Waals surface area contributed by atoms with E-state index in [4.69, 9.17) is 21.6 Å². The molecule has 0 saturated heterocycles. The van der Waals surface area contributed by atoms with Crippen molar-refractivity contribution in [2.45, 2.75) is 43.9 Å². The van der Waals surface area contributed by atoms with Gasteiger partial charge in [-0.3, -0.25) is 19.4 Å². The summed E-state index contributed by atoms with van der Waals surface area (Å²) in [5.74, 6) is -0.0565. The van der Waals surface area contributed by atoms with E-state index >= 15 is 0 Å². The van der Waals surface area contributed by atoms with Crippen LogP contribution in [-0.4, -0.2) is 51.5 Å². The SMILES string of the molecule is CCC(SC1=Nc2ccccc2C2=NC(CCC(=O)NCCc3ccccc3)C(=O)N12)C(=O)Nc1ccc(Cl)cc1. The molecule has 0 bridgehead atoms. The van der Waals surface area contributed by atoms with Gasteiger partial charge >= 0.3 is 0 Å². The molecule has 0 aromatic heterocycles. The van der Waals surface area contributed by atoms with Crippen LogP contribution in [0.4, 0.5) is 11.4 Å². The van der Waals surface area contributed by atoms with Gasteiger partial charge in [-0.1, -0.05) is 72.8 Å². The van der Waals surface area contributed by atoms with Crippen LogP contribution >= 0.6 is 23.4 Å². The molecule has 2 unspecified atom stereocenters. The number of fused-ring (bicyclic) bond motifs is 3. The Kier molecular flexibility index (Phi) is 9.16. The van der Waals surface area contributed by atoms with Crippen molar-refractivity contribution in [1.29, 1.82) is 0 Å². The Bertz CT molecular complexity index is 1490. The molecule has 41 heavy (non-hydrogen) atoms. The molecule has 3 amide bonds. The van der Waals surface area contributed by atoms with Gasteiger partial charge in [0.15, 0.2) is 5.17 Å². The van der Waals surface area contributed by atoms with Crippen LogP contribution in [0, 0.1) is 0 Å². The summed E-state index contributed by atoms with van der Waals surface area (Å²) < 4.78 is 0. The van der Waals surface area contributed by atoms with Crippen molar-refractivity contribution in [1.82, 2.24) is 10.2 Å². The molecule has 2 heterocycles. The van der Waals surface area contributed by atoms with Crippen LogP contribution in [0.3, 0.4) is 0 Å². The number of aliphatic imine (C=N–C) groups is 2. The molecule has 5 rings (SSSR count). The Hall–Kier alpha value is -3.95. The number of nitrogens with zero attached hydrogens (tertiary/aromatic N) is 3. The molecule has 3 aromatic rings. The predicted molar refractivity (Wildman–Crippen MR) is 165 cm³/mol. The molecule has 2 aliphatic rings. The van der Waals surface area contributed by atoms with E-state index < -0.39 is 11.3 Å². The van der Waals surface area contributed by atoms with E-state index in [2.05, 4.69) is 10.6 Å². The standard InChI is InChI=1S/C31H30ClN5O3S/c1-2-26(29(39)34-22-14-12-21(32)13-15-22)41-31-36-24-11-7-6-10-23(24)28-35-25(30(40)37(28)31)16-17-27(38)33-19-18-20-8-4-3-5-9-20/h3-15,25-26H,2,16-19H2,1H3,(H,33,38)(H,34,39). The molecular weight excluding hydrogens is 558 g/mol. The molecule has 0 spiro atoms. The van der Waals surface area contributed by atoms with E-state index in [0.29, 0.717) is 40.4 Å². The molecule has 0 aliphatic carbocycles. The number of hydrogen-bond acceptors (Lipinski definition) is 6. The number of amides is 3. The van der Waals surface area contributed by atoms with Gasteiger partial charge in [0, 0.05) is 29.2 Å². The topological polar surface area (TPSA) is 103 Å². The van der Waals surface area contributed by atoms with E-state index in [1.165, 1.54) is 16.7 Å². The molecule has 0 fully saturated rings. The fraction of sp³-hybridized carbons (Fsp3) is 0.258. The van der Waals surface area contributed by atoms with Gasteiger partial charge < -0.3 is 10.6 Å². The van der Waals surface area contributed by atoms with Gasteiger partial charge in [-0.2, -0.15) is 0 Å². The van der Waals surface area contributed by atoms with Crippen LogP contribution in [0.5, 0.6) is 0 Å². The summed E-state index contributed by atoms with van der Waals surface area (Å²) in [4.78, 5) is 50.3. The number of amidine groups is 2. The van der Waals surface area contributed by atoms with Crippen molar-refractivity contribution < 1.29 is 14.4 Å². The fourth-order valence-corrected chi connectivity index (χ4v) is 5.77. The second kappa shape index (κ2) is 13.1. The Labute approximate surface area is 248 Å². The van der Waals surface area contributed by atoms with Gasteiger partial charge in [-0.25, -0.2) is 9.89 Å². The van der Waals surface area contributed by atoms with Gasteiger partial charge in [0.05, 0.1) is 10.9 Å². The highest BCUT2D eigenvalue weighted by atomic mass is 35.5. The van der Waals surface area contributed by atoms with Crippen LogP contribution in [0.25, 0.3) is 0 Å². The number of benzene rings is 3. The minimum Gasteiger partial charge on any atom is -0.356 e. The zero-order valence-electron chi connectivity index (χ0n) is 22.5. The monoisotopic (exact) mass is 587 g/mol. The third-order valence-corrected chi connectivity index (χ3v) is 8.36. The predicted octanol–water partition coefficient (Wildman–Crippen LogP) is 5.59. The summed E-state index contributed by atoms with van der Waals surface area (Å²) in [5.41, 5.74) is 3.22. The zero-order valence-corrected chi connectivity index (χ0v) is 24.1. The van der Waals surface area contributed by atoms with E-state index in [0.717, 1.165) is 17.5 Å². The van der Waals surface area contributed by atoms with Crippen molar-refractivity contribution in [2.24, 2.45) is 9.98 Å². The van der Waals surface area contributed by atoms with Gasteiger partial charge in [-0.05, 0) is 61.2 Å². The first-order chi connectivity index (χ1) is 19.9. The number of para-hydroxylation sites is 1. The van der Waals surface area contributed by atoms with Crippen LogP contribution in [0.1, 0.15) is 37.3 Å². The van der Waals surface area contributed by atoms with Crippen molar-refractivity contribution in [3.63, 3.8) is 0 Å². The first kappa shape index (κ1) is 28.6. The number of nitrogens with one attached hydrogen (secondary N) is 2. The molecule has 2 aliphatic heterocycles. The molecule has 3 aromatic carbocycles. The highest BCUT2D eigenvalue weighted by molar-refractivity contribution is 8.15. The summed E-state index contributed by atoms with van der Waals surface area (Å²) >= 11 is 7.20. The normalized spacial score (nSPS) is 16.3. The molecule has 0 saturated carbocycles. The highest BCUT2D eigenvalue weighted by Gasteiger charge is 2.42. The molecule has 2 N–H and O–H groups in total. The zero-order chi connectivity index (χ0) is 28.8. The lowest BCUT2D eigenvalue weighted by Gasteiger charge is -2.27. The van der Waals surface area contributed by atoms with Crippen LogP contribution in [-0.2, 0) is 20.8 Å². The largest absolute Gasteiger partial charge is 0.356 e. The average molecular weight is 588 g/mol. The number of rotatable bonds is 10.